The normalized spacial score (nSPS) is 12.4. The molecule has 1 heterocycles. The molecule has 2 aromatic rings. The second-order valence-electron chi connectivity index (χ2n) is 5.23. The number of primary amides is 1. The number of allylic oxidation sites excluding steroid dienone is 4. The maximum absolute atomic E-state index is 11.7. The minimum atomic E-state index is -0.647. The van der Waals surface area contributed by atoms with Gasteiger partial charge in [0.05, 0.1) is 23.9 Å². The second kappa shape index (κ2) is 7.48. The summed E-state index contributed by atoms with van der Waals surface area (Å²) in [6, 6.07) is 1.52. The number of aliphatic hydroxyl groups excluding tert-OH is 1. The van der Waals surface area contributed by atoms with E-state index in [-0.39, 0.29) is 17.0 Å². The number of hydrogen-bond donors (Lipinski definition) is 3. The number of nitrogens with two attached hydrogens (primary N) is 2. The number of aryl methyl sites for hydroxylation is 1. The summed E-state index contributed by atoms with van der Waals surface area (Å²) in [4.78, 5) is 20.5. The molecule has 1 aromatic heterocycles. The van der Waals surface area contributed by atoms with E-state index < -0.39 is 5.91 Å². The fourth-order valence-electron chi connectivity index (χ4n) is 2.28. The zero-order valence-electron chi connectivity index (χ0n) is 14.3. The molecule has 0 saturated carbocycles. The lowest BCUT2D eigenvalue weighted by atomic mass is 10.0. The van der Waals surface area contributed by atoms with Gasteiger partial charge < -0.3 is 21.3 Å². The monoisotopic (exact) mass is 340 g/mol. The average Bonchev–Trinajstić information content (AvgIpc) is 2.58. The van der Waals surface area contributed by atoms with Gasteiger partial charge in [-0.1, -0.05) is 18.2 Å². The van der Waals surface area contributed by atoms with Crippen LogP contribution in [0.1, 0.15) is 28.5 Å². The van der Waals surface area contributed by atoms with Crippen LogP contribution in [0.5, 0.6) is 5.88 Å². The first kappa shape index (κ1) is 18.0. The number of amides is 1. The van der Waals surface area contributed by atoms with Crippen molar-refractivity contribution in [2.75, 3.05) is 12.8 Å². The van der Waals surface area contributed by atoms with Crippen molar-refractivity contribution >= 4 is 28.7 Å². The number of anilines is 1. The number of nitrogen functional groups attached to an aromatic ring is 1. The fraction of sp³-hybridized carbons (Fsp3) is 0.167. The highest BCUT2D eigenvalue weighted by Gasteiger charge is 2.16. The van der Waals surface area contributed by atoms with Gasteiger partial charge in [-0.05, 0) is 32.1 Å². The van der Waals surface area contributed by atoms with Crippen LogP contribution in [-0.2, 0) is 0 Å². The molecular weight excluding hydrogens is 320 g/mol. The molecule has 0 fully saturated rings. The maximum Gasteiger partial charge on any atom is 0.250 e. The standard InChI is InChI=1S/C18H20N4O3/c1-4-11(23)7-5-6-8-12-15(19)13(17(20)24)9-14-16(12)22-18(25-3)10(2)21-14/h4-9,23H,19H2,1-3H3,(H2,20,24)/b7-5-,8-6+,11-4-. The van der Waals surface area contributed by atoms with Gasteiger partial charge in [-0.25, -0.2) is 9.97 Å². The summed E-state index contributed by atoms with van der Waals surface area (Å²) in [5.41, 5.74) is 14.0. The van der Waals surface area contributed by atoms with E-state index in [1.54, 1.807) is 38.2 Å². The summed E-state index contributed by atoms with van der Waals surface area (Å²) in [5, 5.41) is 9.41. The van der Waals surface area contributed by atoms with E-state index in [1.807, 2.05) is 0 Å². The molecule has 5 N–H and O–H groups in total. The van der Waals surface area contributed by atoms with Crippen LogP contribution in [0, 0.1) is 6.92 Å². The van der Waals surface area contributed by atoms with Crippen LogP contribution >= 0.6 is 0 Å². The summed E-state index contributed by atoms with van der Waals surface area (Å²) in [5.74, 6) is -0.146. The van der Waals surface area contributed by atoms with Crippen LogP contribution in [0.4, 0.5) is 5.69 Å². The number of nitrogens with zero attached hydrogens (tertiary/aromatic N) is 2. The molecule has 0 bridgehead atoms. The average molecular weight is 340 g/mol. The van der Waals surface area contributed by atoms with Gasteiger partial charge in [0.15, 0.2) is 0 Å². The first-order valence-corrected chi connectivity index (χ1v) is 7.53. The number of carbonyl (C=O) groups is 1. The number of aromatic nitrogens is 2. The number of hydrogen-bond acceptors (Lipinski definition) is 6. The Morgan fingerprint density at radius 3 is 2.64 bits per heavy atom. The molecule has 0 saturated heterocycles. The molecule has 7 heteroatoms. The molecule has 0 aliphatic carbocycles. The van der Waals surface area contributed by atoms with E-state index in [0.717, 1.165) is 0 Å². The Bertz CT molecular complexity index is 914. The summed E-state index contributed by atoms with van der Waals surface area (Å²) < 4.78 is 5.21. The van der Waals surface area contributed by atoms with Gasteiger partial charge in [0.25, 0.3) is 5.91 Å². The Kier molecular flexibility index (Phi) is 5.38. The Morgan fingerprint density at radius 1 is 1.32 bits per heavy atom. The number of carbonyl (C=O) groups excluding carboxylic acids is 1. The number of fused-ring (bicyclic) bond motifs is 1. The predicted molar refractivity (Wildman–Crippen MR) is 98.3 cm³/mol. The summed E-state index contributed by atoms with van der Waals surface area (Å²) in [7, 11) is 1.50. The Labute approximate surface area is 145 Å². The first-order chi connectivity index (χ1) is 11.9. The van der Waals surface area contributed by atoms with E-state index in [4.69, 9.17) is 16.2 Å². The molecular formula is C18H20N4O3. The van der Waals surface area contributed by atoms with Crippen molar-refractivity contribution in [3.63, 3.8) is 0 Å². The topological polar surface area (TPSA) is 124 Å². The lowest BCUT2D eigenvalue weighted by molar-refractivity contribution is 0.100. The minimum absolute atomic E-state index is 0.130. The second-order valence-corrected chi connectivity index (χ2v) is 5.23. The van der Waals surface area contributed by atoms with Crippen LogP contribution in [-0.4, -0.2) is 28.1 Å². The lowest BCUT2D eigenvalue weighted by Gasteiger charge is -2.11. The van der Waals surface area contributed by atoms with Gasteiger partial charge in [-0.3, -0.25) is 4.79 Å². The predicted octanol–water partition coefficient (Wildman–Crippen LogP) is 2.66. The number of benzene rings is 1. The number of aliphatic hydroxyl groups is 1. The molecule has 7 nitrogen and oxygen atoms in total. The van der Waals surface area contributed by atoms with Gasteiger partial charge in [-0.2, -0.15) is 0 Å². The van der Waals surface area contributed by atoms with Crippen molar-refractivity contribution < 1.29 is 14.6 Å². The Morgan fingerprint density at radius 2 is 2.04 bits per heavy atom. The molecule has 0 unspecified atom stereocenters. The maximum atomic E-state index is 11.7. The van der Waals surface area contributed by atoms with Crippen LogP contribution in [0.2, 0.25) is 0 Å². The van der Waals surface area contributed by atoms with Crippen LogP contribution in [0.25, 0.3) is 17.1 Å². The third-order valence-corrected chi connectivity index (χ3v) is 3.57. The highest BCUT2D eigenvalue weighted by Crippen LogP contribution is 2.29. The number of ether oxygens (including phenoxy) is 1. The van der Waals surface area contributed by atoms with Crippen molar-refractivity contribution in [1.29, 1.82) is 0 Å². The summed E-state index contributed by atoms with van der Waals surface area (Å²) >= 11 is 0. The van der Waals surface area contributed by atoms with Gasteiger partial charge in [0, 0.05) is 5.56 Å². The van der Waals surface area contributed by atoms with E-state index in [9.17, 15) is 9.90 Å². The first-order valence-electron chi connectivity index (χ1n) is 7.53. The molecule has 2 rings (SSSR count). The molecule has 0 radical (unpaired) electrons. The molecule has 130 valence electrons. The van der Waals surface area contributed by atoms with Crippen molar-refractivity contribution in [1.82, 2.24) is 9.97 Å². The van der Waals surface area contributed by atoms with Crippen LogP contribution < -0.4 is 16.2 Å². The molecule has 1 amide bonds. The zero-order valence-corrected chi connectivity index (χ0v) is 14.3. The van der Waals surface area contributed by atoms with E-state index >= 15 is 0 Å². The van der Waals surface area contributed by atoms with Crippen molar-refractivity contribution in [3.8, 4) is 5.88 Å². The number of methoxy groups -OCH3 is 1. The molecule has 1 aromatic carbocycles. The van der Waals surface area contributed by atoms with Crippen LogP contribution in [0.15, 0.2) is 36.1 Å². The van der Waals surface area contributed by atoms with Crippen molar-refractivity contribution in [3.05, 3.63) is 53.0 Å². The van der Waals surface area contributed by atoms with E-state index in [0.29, 0.717) is 28.2 Å². The van der Waals surface area contributed by atoms with E-state index in [2.05, 4.69) is 9.97 Å². The third kappa shape index (κ3) is 3.77. The molecule has 0 atom stereocenters. The SMILES string of the molecule is C/C=C(O)/C=C\C=C\c1c(N)c(C(N)=O)cc2nc(C)c(OC)nc12. The third-order valence-electron chi connectivity index (χ3n) is 3.57. The largest absolute Gasteiger partial charge is 0.508 e. The molecule has 0 spiro atoms. The van der Waals surface area contributed by atoms with Crippen molar-refractivity contribution in [2.24, 2.45) is 5.73 Å². The summed E-state index contributed by atoms with van der Waals surface area (Å²) in [6.45, 7) is 3.47. The highest BCUT2D eigenvalue weighted by molar-refractivity contribution is 6.05. The highest BCUT2D eigenvalue weighted by atomic mass is 16.5. The van der Waals surface area contributed by atoms with Gasteiger partial charge in [-0.15, -0.1) is 0 Å². The van der Waals surface area contributed by atoms with E-state index in [1.165, 1.54) is 19.3 Å². The molecule has 0 aliphatic rings. The molecule has 0 aliphatic heterocycles. The Hall–Kier alpha value is -3.35. The smallest absolute Gasteiger partial charge is 0.250 e. The molecule has 25 heavy (non-hydrogen) atoms. The quantitative estimate of drug-likeness (QED) is 0.436. The fourth-order valence-corrected chi connectivity index (χ4v) is 2.28. The minimum Gasteiger partial charge on any atom is -0.508 e. The van der Waals surface area contributed by atoms with Crippen molar-refractivity contribution in [2.45, 2.75) is 13.8 Å². The van der Waals surface area contributed by atoms with Crippen LogP contribution in [0.3, 0.4) is 0 Å². The van der Waals surface area contributed by atoms with Gasteiger partial charge in [0.2, 0.25) is 5.88 Å². The van der Waals surface area contributed by atoms with Gasteiger partial charge >= 0.3 is 0 Å². The zero-order chi connectivity index (χ0) is 18.6. The lowest BCUT2D eigenvalue weighted by Crippen LogP contribution is -2.15. The summed E-state index contributed by atoms with van der Waals surface area (Å²) in [6.07, 6.45) is 8.05. The Balaban J connectivity index is 2.69. The van der Waals surface area contributed by atoms with Gasteiger partial charge in [0.1, 0.15) is 17.0 Å². The number of rotatable bonds is 5.